The Morgan fingerprint density at radius 1 is 1.28 bits per heavy atom. The van der Waals surface area contributed by atoms with Crippen LogP contribution < -0.4 is 0 Å². The number of ketones is 1. The molecule has 0 spiro atoms. The smallest absolute Gasteiger partial charge is 0.303 e. The summed E-state index contributed by atoms with van der Waals surface area (Å²) in [4.78, 5) is 25.3. The summed E-state index contributed by atoms with van der Waals surface area (Å²) < 4.78 is 0. The first kappa shape index (κ1) is 12.6. The molecule has 0 aliphatic carbocycles. The number of benzene rings is 1. The molecular weight excluding hydrogens is 254 g/mol. The van der Waals surface area contributed by atoms with Gasteiger partial charge in [0.1, 0.15) is 0 Å². The monoisotopic (exact) mass is 265 g/mol. The molecule has 2 rings (SSSR count). The predicted molar refractivity (Wildman–Crippen MR) is 69.1 cm³/mol. The second-order valence-electron chi connectivity index (χ2n) is 4.06. The Balaban J connectivity index is 2.15. The molecule has 0 saturated carbocycles. The average Bonchev–Trinajstić information content (AvgIpc) is 2.71. The molecule has 0 aliphatic heterocycles. The molecule has 0 aliphatic rings. The van der Waals surface area contributed by atoms with Gasteiger partial charge in [0.15, 0.2) is 5.78 Å². The van der Waals surface area contributed by atoms with Crippen molar-refractivity contribution in [3.63, 3.8) is 0 Å². The lowest BCUT2D eigenvalue weighted by Crippen LogP contribution is -2.01. The van der Waals surface area contributed by atoms with Crippen LogP contribution in [0.2, 0.25) is 5.02 Å². The standard InChI is InChI=1S/C13H12ClNO3/c14-8-4-5-9-10(7-15-11(9)6-8)12(16)2-1-3-13(17)18/h4-7,15H,1-3H2,(H,17,18). The Labute approximate surface area is 109 Å². The molecule has 5 heteroatoms. The van der Waals surface area contributed by atoms with Crippen LogP contribution in [0, 0.1) is 0 Å². The third kappa shape index (κ3) is 2.71. The number of carboxylic acids is 1. The number of aromatic nitrogens is 1. The summed E-state index contributed by atoms with van der Waals surface area (Å²) in [5.74, 6) is -0.932. The number of carbonyl (C=O) groups excluding carboxylic acids is 1. The Kier molecular flexibility index (Phi) is 3.67. The summed E-state index contributed by atoms with van der Waals surface area (Å²) in [5.41, 5.74) is 1.40. The highest BCUT2D eigenvalue weighted by atomic mass is 35.5. The molecular formula is C13H12ClNO3. The first-order valence-corrected chi connectivity index (χ1v) is 5.97. The maximum atomic E-state index is 11.9. The summed E-state index contributed by atoms with van der Waals surface area (Å²) in [6.07, 6.45) is 2.25. The van der Waals surface area contributed by atoms with E-state index in [1.807, 2.05) is 0 Å². The number of carbonyl (C=O) groups is 2. The van der Waals surface area contributed by atoms with Gasteiger partial charge in [-0.1, -0.05) is 17.7 Å². The van der Waals surface area contributed by atoms with E-state index in [1.54, 1.807) is 24.4 Å². The number of fused-ring (bicyclic) bond motifs is 1. The summed E-state index contributed by atoms with van der Waals surface area (Å²) >= 11 is 5.86. The van der Waals surface area contributed by atoms with Crippen LogP contribution in [0.1, 0.15) is 29.6 Å². The number of H-pyrrole nitrogens is 1. The number of aliphatic carboxylic acids is 1. The van der Waals surface area contributed by atoms with E-state index in [9.17, 15) is 9.59 Å². The van der Waals surface area contributed by atoms with Crippen LogP contribution in [-0.2, 0) is 4.79 Å². The highest BCUT2D eigenvalue weighted by Gasteiger charge is 2.12. The van der Waals surface area contributed by atoms with E-state index in [1.165, 1.54) is 0 Å². The number of hydrogen-bond donors (Lipinski definition) is 2. The molecule has 0 saturated heterocycles. The lowest BCUT2D eigenvalue weighted by Gasteiger charge is -1.98. The number of carboxylic acid groups (broad SMARTS) is 1. The number of hydrogen-bond acceptors (Lipinski definition) is 2. The Morgan fingerprint density at radius 3 is 2.78 bits per heavy atom. The van der Waals surface area contributed by atoms with Crippen molar-refractivity contribution in [1.82, 2.24) is 4.98 Å². The van der Waals surface area contributed by atoms with Gasteiger partial charge >= 0.3 is 5.97 Å². The van der Waals surface area contributed by atoms with Crippen LogP contribution in [0.15, 0.2) is 24.4 Å². The second-order valence-corrected chi connectivity index (χ2v) is 4.50. The van der Waals surface area contributed by atoms with Gasteiger partial charge < -0.3 is 10.1 Å². The first-order chi connectivity index (χ1) is 8.58. The topological polar surface area (TPSA) is 70.2 Å². The molecule has 0 atom stereocenters. The van der Waals surface area contributed by atoms with Crippen molar-refractivity contribution in [2.75, 3.05) is 0 Å². The maximum absolute atomic E-state index is 11.9. The third-order valence-corrected chi connectivity index (χ3v) is 2.97. The molecule has 1 aromatic heterocycles. The van der Waals surface area contributed by atoms with Gasteiger partial charge in [0.05, 0.1) is 0 Å². The first-order valence-electron chi connectivity index (χ1n) is 5.59. The lowest BCUT2D eigenvalue weighted by molar-refractivity contribution is -0.137. The third-order valence-electron chi connectivity index (χ3n) is 2.74. The van der Waals surface area contributed by atoms with E-state index in [0.717, 1.165) is 10.9 Å². The van der Waals surface area contributed by atoms with Crippen LogP contribution in [0.3, 0.4) is 0 Å². The van der Waals surface area contributed by atoms with E-state index in [4.69, 9.17) is 16.7 Å². The highest BCUT2D eigenvalue weighted by Crippen LogP contribution is 2.23. The van der Waals surface area contributed by atoms with Crippen molar-refractivity contribution in [1.29, 1.82) is 0 Å². The summed E-state index contributed by atoms with van der Waals surface area (Å²) in [6.45, 7) is 0. The van der Waals surface area contributed by atoms with E-state index < -0.39 is 5.97 Å². The number of halogens is 1. The zero-order valence-corrected chi connectivity index (χ0v) is 10.3. The lowest BCUT2D eigenvalue weighted by atomic mass is 10.0. The summed E-state index contributed by atoms with van der Waals surface area (Å²) in [6, 6.07) is 5.27. The average molecular weight is 266 g/mol. The number of nitrogens with one attached hydrogen (secondary N) is 1. The van der Waals surface area contributed by atoms with Gasteiger partial charge in [-0.25, -0.2) is 0 Å². The van der Waals surface area contributed by atoms with Crippen molar-refractivity contribution in [2.45, 2.75) is 19.3 Å². The van der Waals surface area contributed by atoms with Gasteiger partial charge in [0.25, 0.3) is 0 Å². The fourth-order valence-electron chi connectivity index (χ4n) is 1.86. The minimum absolute atomic E-state index is 0.0138. The van der Waals surface area contributed by atoms with Crippen LogP contribution in [0.25, 0.3) is 10.9 Å². The fraction of sp³-hybridized carbons (Fsp3) is 0.231. The minimum Gasteiger partial charge on any atom is -0.481 e. The fourth-order valence-corrected chi connectivity index (χ4v) is 2.04. The molecule has 1 heterocycles. The Morgan fingerprint density at radius 2 is 2.06 bits per heavy atom. The van der Waals surface area contributed by atoms with Crippen LogP contribution in [0.4, 0.5) is 0 Å². The van der Waals surface area contributed by atoms with Crippen molar-refractivity contribution in [3.05, 3.63) is 35.0 Å². The minimum atomic E-state index is -0.881. The number of Topliss-reactive ketones (excluding diaryl/α,β-unsaturated/α-hetero) is 1. The molecule has 0 fully saturated rings. The van der Waals surface area contributed by atoms with Gasteiger partial charge in [0.2, 0.25) is 0 Å². The Bertz CT molecular complexity index is 603. The molecule has 18 heavy (non-hydrogen) atoms. The summed E-state index contributed by atoms with van der Waals surface area (Å²) in [7, 11) is 0. The van der Waals surface area contributed by atoms with E-state index in [-0.39, 0.29) is 18.6 Å². The number of aromatic amines is 1. The summed E-state index contributed by atoms with van der Waals surface area (Å²) in [5, 5.41) is 9.95. The zero-order chi connectivity index (χ0) is 13.1. The molecule has 0 radical (unpaired) electrons. The largest absolute Gasteiger partial charge is 0.481 e. The van der Waals surface area contributed by atoms with Crippen LogP contribution in [-0.4, -0.2) is 21.8 Å². The predicted octanol–water partition coefficient (Wildman–Crippen LogP) is 3.26. The van der Waals surface area contributed by atoms with Crippen LogP contribution >= 0.6 is 11.6 Å². The van der Waals surface area contributed by atoms with Gasteiger partial charge in [-0.05, 0) is 18.6 Å². The molecule has 2 aromatic rings. The normalized spacial score (nSPS) is 10.7. The Hall–Kier alpha value is -1.81. The van der Waals surface area contributed by atoms with Crippen molar-refractivity contribution in [3.8, 4) is 0 Å². The van der Waals surface area contributed by atoms with Gasteiger partial charge in [0, 0.05) is 40.5 Å². The molecule has 4 nitrogen and oxygen atoms in total. The highest BCUT2D eigenvalue weighted by molar-refractivity contribution is 6.31. The molecule has 0 bridgehead atoms. The second kappa shape index (κ2) is 5.23. The maximum Gasteiger partial charge on any atom is 0.303 e. The van der Waals surface area contributed by atoms with Gasteiger partial charge in [-0.3, -0.25) is 9.59 Å². The zero-order valence-electron chi connectivity index (χ0n) is 9.57. The molecule has 0 unspecified atom stereocenters. The van der Waals surface area contributed by atoms with Gasteiger partial charge in [-0.15, -0.1) is 0 Å². The van der Waals surface area contributed by atoms with Crippen molar-refractivity contribution >= 4 is 34.3 Å². The molecule has 0 amide bonds. The van der Waals surface area contributed by atoms with Crippen molar-refractivity contribution < 1.29 is 14.7 Å². The van der Waals surface area contributed by atoms with Crippen LogP contribution in [0.5, 0.6) is 0 Å². The molecule has 94 valence electrons. The van der Waals surface area contributed by atoms with Gasteiger partial charge in [-0.2, -0.15) is 0 Å². The van der Waals surface area contributed by atoms with E-state index in [2.05, 4.69) is 4.98 Å². The SMILES string of the molecule is O=C(O)CCCC(=O)c1c[nH]c2cc(Cl)ccc12. The number of rotatable bonds is 5. The van der Waals surface area contributed by atoms with E-state index >= 15 is 0 Å². The molecule has 2 N–H and O–H groups in total. The molecule has 1 aromatic carbocycles. The van der Waals surface area contributed by atoms with Crippen molar-refractivity contribution in [2.24, 2.45) is 0 Å². The quantitative estimate of drug-likeness (QED) is 0.815. The van der Waals surface area contributed by atoms with E-state index in [0.29, 0.717) is 17.0 Å².